The number of hydrogen-bond donors (Lipinski definition) is 5. The lowest BCUT2D eigenvalue weighted by Crippen LogP contribution is -2.45. The number of anilines is 1. The minimum Gasteiger partial charge on any atom is -0.394 e. The van der Waals surface area contributed by atoms with Crippen LogP contribution >= 0.6 is 0 Å². The Morgan fingerprint density at radius 2 is 2.38 bits per heavy atom. The van der Waals surface area contributed by atoms with Gasteiger partial charge in [0.15, 0.2) is 28.8 Å². The van der Waals surface area contributed by atoms with E-state index in [4.69, 9.17) is 11.8 Å². The van der Waals surface area contributed by atoms with E-state index in [0.29, 0.717) is 30.1 Å². The Morgan fingerprint density at radius 3 is 3.08 bits per heavy atom. The number of nitrogens with zero attached hydrogens (tertiary/aromatic N) is 4. The van der Waals surface area contributed by atoms with Gasteiger partial charge in [-0.1, -0.05) is 5.92 Å². The second-order valence-electron chi connectivity index (χ2n) is 5.37. The Bertz CT molecular complexity index is 820. The number of aliphatic hydroxyl groups is 3. The standard InChI is InChI=1S/C14H18N6O4/c1-2-14(23)10(22)8(5-21)24-13(14)20-7-19-9-11(16-4-3-15)17-6-18-12(9)20/h1,6-8,10,13,21-23H,3-5,15H2,(H,16,17,18)/t8-,10-,13?,14-/m1/s1/i1D. The van der Waals surface area contributed by atoms with E-state index in [1.165, 1.54) is 17.2 Å². The van der Waals surface area contributed by atoms with Gasteiger partial charge in [0.25, 0.3) is 0 Å². The highest BCUT2D eigenvalue weighted by Crippen LogP contribution is 2.39. The molecule has 1 saturated heterocycles. The average Bonchev–Trinajstić information content (AvgIpc) is 3.14. The minimum atomic E-state index is -2.10. The molecule has 10 heteroatoms. The molecular formula is C14H18N6O4. The highest BCUT2D eigenvalue weighted by Gasteiger charge is 2.55. The van der Waals surface area contributed by atoms with Crippen molar-refractivity contribution in [3.05, 3.63) is 12.7 Å². The van der Waals surface area contributed by atoms with Gasteiger partial charge in [-0.25, -0.2) is 15.0 Å². The van der Waals surface area contributed by atoms with Gasteiger partial charge in [0, 0.05) is 13.1 Å². The van der Waals surface area contributed by atoms with Crippen molar-refractivity contribution in [2.24, 2.45) is 5.73 Å². The summed E-state index contributed by atoms with van der Waals surface area (Å²) in [6.45, 7) is 0.365. The van der Waals surface area contributed by atoms with Crippen LogP contribution in [0.5, 0.6) is 0 Å². The summed E-state index contributed by atoms with van der Waals surface area (Å²) in [6, 6.07) is 0. The summed E-state index contributed by atoms with van der Waals surface area (Å²) < 4.78 is 14.0. The molecule has 6 N–H and O–H groups in total. The van der Waals surface area contributed by atoms with Crippen molar-refractivity contribution in [3.63, 3.8) is 0 Å². The predicted octanol–water partition coefficient (Wildman–Crippen LogP) is -2.19. The molecule has 1 fully saturated rings. The third kappa shape index (κ3) is 2.39. The molecule has 0 radical (unpaired) electrons. The molecule has 1 unspecified atom stereocenters. The lowest BCUT2D eigenvalue weighted by atomic mass is 9.95. The van der Waals surface area contributed by atoms with Crippen LogP contribution in [0.1, 0.15) is 7.60 Å². The minimum absolute atomic E-state index is 0.329. The largest absolute Gasteiger partial charge is 0.394 e. The molecule has 3 rings (SSSR count). The van der Waals surface area contributed by atoms with Crippen molar-refractivity contribution in [3.8, 4) is 12.3 Å². The van der Waals surface area contributed by atoms with Gasteiger partial charge in [0.05, 0.1) is 12.9 Å². The van der Waals surface area contributed by atoms with Gasteiger partial charge in [0.2, 0.25) is 0 Å². The molecule has 3 heterocycles. The number of nitrogens with two attached hydrogens (primary N) is 1. The van der Waals surface area contributed by atoms with Gasteiger partial charge in [-0.15, -0.1) is 6.40 Å². The Labute approximate surface area is 138 Å². The molecule has 0 amide bonds. The second-order valence-corrected chi connectivity index (χ2v) is 5.37. The van der Waals surface area contributed by atoms with Crippen molar-refractivity contribution in [2.45, 2.75) is 24.0 Å². The number of nitrogens with one attached hydrogen (secondary N) is 1. The van der Waals surface area contributed by atoms with Crippen LogP contribution in [0, 0.1) is 12.3 Å². The molecule has 0 aromatic carbocycles. The molecular weight excluding hydrogens is 316 g/mol. The highest BCUT2D eigenvalue weighted by atomic mass is 16.6. The molecule has 128 valence electrons. The fourth-order valence-electron chi connectivity index (χ4n) is 2.67. The smallest absolute Gasteiger partial charge is 0.199 e. The quantitative estimate of drug-likeness (QED) is 0.384. The van der Waals surface area contributed by atoms with Crippen LogP contribution in [0.15, 0.2) is 12.7 Å². The van der Waals surface area contributed by atoms with Gasteiger partial charge < -0.3 is 31.1 Å². The first-order valence-corrected chi connectivity index (χ1v) is 7.29. The molecule has 24 heavy (non-hydrogen) atoms. The molecule has 2 aromatic heterocycles. The zero-order valence-corrected chi connectivity index (χ0v) is 12.6. The summed E-state index contributed by atoms with van der Waals surface area (Å²) in [4.78, 5) is 12.5. The Balaban J connectivity index is 2.07. The predicted molar refractivity (Wildman–Crippen MR) is 83.7 cm³/mol. The van der Waals surface area contributed by atoms with E-state index in [1.54, 1.807) is 0 Å². The van der Waals surface area contributed by atoms with Crippen molar-refractivity contribution >= 4 is 17.0 Å². The van der Waals surface area contributed by atoms with Gasteiger partial charge in [-0.3, -0.25) is 4.57 Å². The van der Waals surface area contributed by atoms with E-state index >= 15 is 0 Å². The molecule has 1 aliphatic rings. The Hall–Kier alpha value is -2.29. The normalized spacial score (nSPS) is 30.0. The van der Waals surface area contributed by atoms with Gasteiger partial charge >= 0.3 is 0 Å². The first kappa shape index (κ1) is 15.3. The maximum Gasteiger partial charge on any atom is 0.199 e. The molecule has 0 bridgehead atoms. The van der Waals surface area contributed by atoms with Crippen molar-refractivity contribution in [2.75, 3.05) is 25.0 Å². The van der Waals surface area contributed by atoms with Gasteiger partial charge in [-0.2, -0.15) is 0 Å². The topological polar surface area (TPSA) is 152 Å². The number of rotatable bonds is 5. The molecule has 2 aromatic rings. The number of hydrogen-bond acceptors (Lipinski definition) is 9. The fourth-order valence-corrected chi connectivity index (χ4v) is 2.67. The zero-order chi connectivity index (χ0) is 18.0. The SMILES string of the molecule is [2H]C#C[C@]1(O)C(n2cnc3c(NCCN)ncnc32)O[C@H](CO)[C@H]1O. The number of aromatic nitrogens is 4. The summed E-state index contributed by atoms with van der Waals surface area (Å²) in [5.41, 5.74) is 4.12. The van der Waals surface area contributed by atoms with Crippen LogP contribution in [0.3, 0.4) is 0 Å². The van der Waals surface area contributed by atoms with Gasteiger partial charge in [-0.05, 0) is 0 Å². The van der Waals surface area contributed by atoms with Crippen LogP contribution in [-0.2, 0) is 4.74 Å². The number of imidazole rings is 1. The van der Waals surface area contributed by atoms with E-state index in [-0.39, 0.29) is 0 Å². The Kier molecular flexibility index (Phi) is 4.01. The molecule has 1 aliphatic heterocycles. The summed E-state index contributed by atoms with van der Waals surface area (Å²) in [5.74, 6) is 2.71. The molecule has 10 nitrogen and oxygen atoms in total. The first-order chi connectivity index (χ1) is 12.1. The van der Waals surface area contributed by atoms with Crippen LogP contribution in [-0.4, -0.2) is 72.3 Å². The first-order valence-electron chi connectivity index (χ1n) is 7.79. The van der Waals surface area contributed by atoms with Crippen LogP contribution < -0.4 is 11.1 Å². The second kappa shape index (κ2) is 6.31. The van der Waals surface area contributed by atoms with Crippen molar-refractivity contribution < 1.29 is 21.4 Å². The third-order valence-electron chi connectivity index (χ3n) is 3.91. The summed E-state index contributed by atoms with van der Waals surface area (Å²) in [7, 11) is 0. The monoisotopic (exact) mass is 335 g/mol. The van der Waals surface area contributed by atoms with Crippen molar-refractivity contribution in [1.29, 1.82) is 0 Å². The molecule has 0 spiro atoms. The average molecular weight is 335 g/mol. The maximum absolute atomic E-state index is 10.8. The van der Waals surface area contributed by atoms with E-state index in [1.807, 2.05) is 6.40 Å². The summed E-state index contributed by atoms with van der Waals surface area (Å²) >= 11 is 0. The van der Waals surface area contributed by atoms with E-state index in [9.17, 15) is 15.3 Å². The van der Waals surface area contributed by atoms with E-state index in [2.05, 4.69) is 26.2 Å². The fraction of sp³-hybridized carbons (Fsp3) is 0.500. The lowest BCUT2D eigenvalue weighted by molar-refractivity contribution is -0.0721. The number of aliphatic hydroxyl groups excluding tert-OH is 2. The van der Waals surface area contributed by atoms with E-state index < -0.39 is 30.6 Å². The van der Waals surface area contributed by atoms with Crippen LogP contribution in [0.2, 0.25) is 0 Å². The Morgan fingerprint density at radius 1 is 1.54 bits per heavy atom. The van der Waals surface area contributed by atoms with Crippen molar-refractivity contribution in [1.82, 2.24) is 19.5 Å². The lowest BCUT2D eigenvalue weighted by Gasteiger charge is -2.26. The highest BCUT2D eigenvalue weighted by molar-refractivity contribution is 5.82. The molecule has 0 saturated carbocycles. The zero-order valence-electron chi connectivity index (χ0n) is 13.6. The number of terminal acetylenes is 1. The third-order valence-corrected chi connectivity index (χ3v) is 3.91. The van der Waals surface area contributed by atoms with Crippen LogP contribution in [0.25, 0.3) is 11.2 Å². The number of ether oxygens (including phenoxy) is 1. The molecule has 4 atom stereocenters. The summed E-state index contributed by atoms with van der Waals surface area (Å²) in [5, 5.41) is 33.4. The van der Waals surface area contributed by atoms with E-state index in [0.717, 1.165) is 0 Å². The van der Waals surface area contributed by atoms with Crippen LogP contribution in [0.4, 0.5) is 5.82 Å². The summed E-state index contributed by atoms with van der Waals surface area (Å²) in [6.07, 6.45) is 0.732. The number of fused-ring (bicyclic) bond motifs is 1. The molecule has 0 aliphatic carbocycles. The maximum atomic E-state index is 10.8. The van der Waals surface area contributed by atoms with Gasteiger partial charge in [0.1, 0.15) is 19.9 Å².